The zero-order valence-corrected chi connectivity index (χ0v) is 16.4. The van der Waals surface area contributed by atoms with Crippen molar-refractivity contribution in [3.63, 3.8) is 0 Å². The number of aromatic nitrogens is 2. The lowest BCUT2D eigenvalue weighted by atomic mass is 10.1. The molecule has 0 atom stereocenters. The molecule has 4 aromatic rings. The molecule has 0 aliphatic carbocycles. The van der Waals surface area contributed by atoms with Gasteiger partial charge in [-0.05, 0) is 23.3 Å². The number of carboxylic acids is 1. The van der Waals surface area contributed by atoms with E-state index in [1.165, 1.54) is 28.9 Å². The summed E-state index contributed by atoms with van der Waals surface area (Å²) in [6.45, 7) is 1.31. The topological polar surface area (TPSA) is 84.2 Å². The van der Waals surface area contributed by atoms with E-state index in [1.807, 2.05) is 30.3 Å². The molecular weight excluding hydrogens is 378 g/mol. The summed E-state index contributed by atoms with van der Waals surface area (Å²) in [7, 11) is 0. The fourth-order valence-electron chi connectivity index (χ4n) is 2.79. The molecule has 6 heteroatoms. The van der Waals surface area contributed by atoms with Gasteiger partial charge >= 0.3 is 5.97 Å². The van der Waals surface area contributed by atoms with Crippen LogP contribution in [0.25, 0.3) is 16.8 Å². The Labute approximate surface area is 174 Å². The van der Waals surface area contributed by atoms with Crippen LogP contribution in [0.1, 0.15) is 17.4 Å². The number of rotatable bonds is 4. The lowest BCUT2D eigenvalue weighted by molar-refractivity contribution is -0.114. The second-order valence-electron chi connectivity index (χ2n) is 6.39. The summed E-state index contributed by atoms with van der Waals surface area (Å²) in [5.41, 5.74) is 3.26. The monoisotopic (exact) mass is 399 g/mol. The first-order valence-electron chi connectivity index (χ1n) is 9.31. The van der Waals surface area contributed by atoms with Crippen LogP contribution in [-0.2, 0) is 4.79 Å². The van der Waals surface area contributed by atoms with E-state index in [9.17, 15) is 9.59 Å². The van der Waals surface area contributed by atoms with Crippen molar-refractivity contribution in [1.29, 1.82) is 0 Å². The van der Waals surface area contributed by atoms with Crippen molar-refractivity contribution in [1.82, 2.24) is 9.78 Å². The normalized spacial score (nSPS) is 9.90. The van der Waals surface area contributed by atoms with Gasteiger partial charge in [0.2, 0.25) is 5.91 Å². The predicted octanol–water partition coefficient (Wildman–Crippen LogP) is 4.88. The van der Waals surface area contributed by atoms with Gasteiger partial charge in [-0.2, -0.15) is 5.10 Å². The maximum Gasteiger partial charge on any atom is 0.358 e. The van der Waals surface area contributed by atoms with Crippen LogP contribution in [0.4, 0.5) is 5.69 Å². The number of benzene rings is 3. The number of carbonyl (C=O) groups excluding carboxylic acids is 1. The molecule has 3 aromatic carbocycles. The van der Waals surface area contributed by atoms with Gasteiger partial charge in [-0.15, -0.1) is 0 Å². The molecule has 0 aliphatic heterocycles. The Balaban J connectivity index is 0.000000184. The Kier molecular flexibility index (Phi) is 6.74. The van der Waals surface area contributed by atoms with E-state index in [0.29, 0.717) is 0 Å². The van der Waals surface area contributed by atoms with Gasteiger partial charge in [-0.25, -0.2) is 9.48 Å². The average molecular weight is 399 g/mol. The first kappa shape index (κ1) is 20.5. The van der Waals surface area contributed by atoms with Gasteiger partial charge in [0.05, 0.1) is 17.6 Å². The van der Waals surface area contributed by atoms with E-state index in [1.54, 1.807) is 12.1 Å². The number of nitrogens with one attached hydrogen (secondary N) is 1. The van der Waals surface area contributed by atoms with Crippen LogP contribution in [0, 0.1) is 0 Å². The maximum absolute atomic E-state index is 11.0. The van der Waals surface area contributed by atoms with E-state index in [4.69, 9.17) is 5.11 Å². The zero-order chi connectivity index (χ0) is 21.3. The van der Waals surface area contributed by atoms with Crippen LogP contribution in [0.3, 0.4) is 0 Å². The van der Waals surface area contributed by atoms with Gasteiger partial charge in [0, 0.05) is 6.92 Å². The molecule has 0 bridgehead atoms. The summed E-state index contributed by atoms with van der Waals surface area (Å²) < 4.78 is 1.41. The molecule has 0 spiro atoms. The third kappa shape index (κ3) is 5.42. The number of hydrogen-bond donors (Lipinski definition) is 2. The highest BCUT2D eigenvalue weighted by Crippen LogP contribution is 2.18. The highest BCUT2D eigenvalue weighted by Gasteiger charge is 2.17. The van der Waals surface area contributed by atoms with E-state index in [0.717, 1.165) is 5.69 Å². The molecule has 1 heterocycles. The molecular formula is C24H21N3O3. The summed E-state index contributed by atoms with van der Waals surface area (Å²) in [4.78, 5) is 22.0. The molecule has 0 saturated carbocycles. The molecule has 0 aliphatic rings. The lowest BCUT2D eigenvalue weighted by Crippen LogP contribution is -2.09. The lowest BCUT2D eigenvalue weighted by Gasteiger charge is -1.98. The maximum atomic E-state index is 11.0. The van der Waals surface area contributed by atoms with E-state index >= 15 is 0 Å². The smallest absolute Gasteiger partial charge is 0.358 e. The standard InChI is InChI=1S/C12H11N3O3.C12H10/c1-8(16)13-10-7-15(14-11(10)12(17)18)9-5-3-2-4-6-9;1-3-7-11(8-4-1)12-9-5-2-6-10-12/h2-7H,1H3,(H,13,16)(H,17,18);1-10H. The van der Waals surface area contributed by atoms with Crippen molar-refractivity contribution in [3.05, 3.63) is 103 Å². The van der Waals surface area contributed by atoms with Crippen LogP contribution >= 0.6 is 0 Å². The van der Waals surface area contributed by atoms with Crippen LogP contribution in [0.5, 0.6) is 0 Å². The van der Waals surface area contributed by atoms with E-state index < -0.39 is 5.97 Å². The van der Waals surface area contributed by atoms with Crippen LogP contribution < -0.4 is 5.32 Å². The third-order valence-electron chi connectivity index (χ3n) is 4.13. The van der Waals surface area contributed by atoms with Crippen molar-refractivity contribution in [2.24, 2.45) is 0 Å². The number of para-hydroxylation sites is 1. The number of carbonyl (C=O) groups is 2. The van der Waals surface area contributed by atoms with Gasteiger partial charge in [0.15, 0.2) is 5.69 Å². The Bertz CT molecular complexity index is 1070. The summed E-state index contributed by atoms with van der Waals surface area (Å²) in [6.07, 6.45) is 1.47. The highest BCUT2D eigenvalue weighted by molar-refractivity contribution is 5.98. The summed E-state index contributed by atoms with van der Waals surface area (Å²) in [5, 5.41) is 15.4. The van der Waals surface area contributed by atoms with Gasteiger partial charge in [0.1, 0.15) is 0 Å². The molecule has 0 radical (unpaired) electrons. The van der Waals surface area contributed by atoms with Crippen LogP contribution in [-0.4, -0.2) is 26.8 Å². The molecule has 0 unspecified atom stereocenters. The SMILES string of the molecule is CC(=O)Nc1cn(-c2ccccc2)nc1C(=O)O.c1ccc(-c2ccccc2)cc1. The van der Waals surface area contributed by atoms with Crippen molar-refractivity contribution >= 4 is 17.6 Å². The van der Waals surface area contributed by atoms with Gasteiger partial charge in [-0.1, -0.05) is 78.9 Å². The first-order chi connectivity index (χ1) is 14.5. The number of carboxylic acid groups (broad SMARTS) is 1. The number of nitrogens with zero attached hydrogens (tertiary/aromatic N) is 2. The molecule has 150 valence electrons. The van der Waals surface area contributed by atoms with Gasteiger partial charge < -0.3 is 10.4 Å². The molecule has 0 fully saturated rings. The fourth-order valence-corrected chi connectivity index (χ4v) is 2.79. The van der Waals surface area contributed by atoms with Crippen molar-refractivity contribution < 1.29 is 14.7 Å². The summed E-state index contributed by atoms with van der Waals surface area (Å²) in [6, 6.07) is 29.8. The molecule has 30 heavy (non-hydrogen) atoms. The minimum absolute atomic E-state index is 0.179. The van der Waals surface area contributed by atoms with E-state index in [2.05, 4.69) is 58.9 Å². The zero-order valence-electron chi connectivity index (χ0n) is 16.4. The van der Waals surface area contributed by atoms with Gasteiger partial charge in [-0.3, -0.25) is 4.79 Å². The van der Waals surface area contributed by atoms with Crippen molar-refractivity contribution in [2.45, 2.75) is 6.92 Å². The Morgan fingerprint density at radius 1 is 0.800 bits per heavy atom. The number of aromatic carboxylic acids is 1. The minimum Gasteiger partial charge on any atom is -0.476 e. The summed E-state index contributed by atoms with van der Waals surface area (Å²) in [5.74, 6) is -1.53. The number of anilines is 1. The highest BCUT2D eigenvalue weighted by atomic mass is 16.4. The van der Waals surface area contributed by atoms with Crippen molar-refractivity contribution in [2.75, 3.05) is 5.32 Å². The predicted molar refractivity (Wildman–Crippen MR) is 117 cm³/mol. The second-order valence-corrected chi connectivity index (χ2v) is 6.39. The Morgan fingerprint density at radius 2 is 1.27 bits per heavy atom. The van der Waals surface area contributed by atoms with Gasteiger partial charge in [0.25, 0.3) is 0 Å². The van der Waals surface area contributed by atoms with Crippen LogP contribution in [0.15, 0.2) is 97.2 Å². The molecule has 1 aromatic heterocycles. The molecule has 4 rings (SSSR count). The fraction of sp³-hybridized carbons (Fsp3) is 0.0417. The minimum atomic E-state index is -1.19. The third-order valence-corrected chi connectivity index (χ3v) is 4.13. The Morgan fingerprint density at radius 3 is 1.70 bits per heavy atom. The molecule has 0 saturated heterocycles. The largest absolute Gasteiger partial charge is 0.476 e. The average Bonchev–Trinajstić information content (AvgIpc) is 3.20. The van der Waals surface area contributed by atoms with E-state index in [-0.39, 0.29) is 17.3 Å². The number of hydrogen-bond acceptors (Lipinski definition) is 3. The number of amides is 1. The quantitative estimate of drug-likeness (QED) is 0.512. The Hall–Kier alpha value is -4.19. The molecule has 6 nitrogen and oxygen atoms in total. The molecule has 2 N–H and O–H groups in total. The first-order valence-corrected chi connectivity index (χ1v) is 9.31. The van der Waals surface area contributed by atoms with Crippen LogP contribution in [0.2, 0.25) is 0 Å². The van der Waals surface area contributed by atoms with Crippen molar-refractivity contribution in [3.8, 4) is 16.8 Å². The summed E-state index contributed by atoms with van der Waals surface area (Å²) >= 11 is 0. The second kappa shape index (κ2) is 9.84. The molecule has 1 amide bonds.